The van der Waals surface area contributed by atoms with E-state index in [0.717, 1.165) is 25.7 Å². The Balaban J connectivity index is 2.15. The zero-order chi connectivity index (χ0) is 15.6. The zero-order valence-corrected chi connectivity index (χ0v) is 13.5. The van der Waals surface area contributed by atoms with Crippen LogP contribution in [-0.2, 0) is 17.8 Å². The van der Waals surface area contributed by atoms with Gasteiger partial charge in [-0.15, -0.1) is 0 Å². The van der Waals surface area contributed by atoms with Crippen LogP contribution in [0.15, 0.2) is 0 Å². The van der Waals surface area contributed by atoms with Crippen LogP contribution >= 0.6 is 0 Å². The van der Waals surface area contributed by atoms with Gasteiger partial charge in [0, 0.05) is 34.9 Å². The molecule has 1 heterocycles. The van der Waals surface area contributed by atoms with Gasteiger partial charge < -0.3 is 5.32 Å². The van der Waals surface area contributed by atoms with Crippen LogP contribution in [0.3, 0.4) is 0 Å². The van der Waals surface area contributed by atoms with Gasteiger partial charge >= 0.3 is 5.69 Å². The molecule has 7 nitrogen and oxygen atoms in total. The van der Waals surface area contributed by atoms with Gasteiger partial charge in [0.2, 0.25) is 5.82 Å². The third-order valence-electron chi connectivity index (χ3n) is 4.00. The molecule has 0 saturated heterocycles. The van der Waals surface area contributed by atoms with Crippen LogP contribution in [-0.4, -0.2) is 36.0 Å². The second-order valence-corrected chi connectivity index (χ2v) is 7.47. The summed E-state index contributed by atoms with van der Waals surface area (Å²) in [5.41, 5.74) is 0.450. The van der Waals surface area contributed by atoms with Gasteiger partial charge in [-0.2, -0.15) is 5.10 Å². The first-order valence-electron chi connectivity index (χ1n) is 7.25. The molecule has 0 aliphatic heterocycles. The standard InChI is InChI=1S/C13H22N4O3S/c1-4-21(20)11-7-5-6-10(8-11)14-13-12(17(18)19)9(2)15-16(13)3/h10-11,14H,4-8H2,1-3H3/t10-,11+,21+/m1/s1. The van der Waals surface area contributed by atoms with E-state index in [4.69, 9.17) is 0 Å². The quantitative estimate of drug-likeness (QED) is 0.664. The molecule has 1 fully saturated rings. The van der Waals surface area contributed by atoms with Crippen LogP contribution in [0.2, 0.25) is 0 Å². The van der Waals surface area contributed by atoms with E-state index in [0.29, 0.717) is 17.3 Å². The maximum absolute atomic E-state index is 12.0. The average Bonchev–Trinajstić information content (AvgIpc) is 2.72. The Bertz CT molecular complexity index is 558. The molecule has 0 unspecified atom stereocenters. The molecule has 0 spiro atoms. The lowest BCUT2D eigenvalue weighted by Gasteiger charge is -2.29. The van der Waals surface area contributed by atoms with Crippen LogP contribution in [0.1, 0.15) is 38.3 Å². The number of hydrogen-bond acceptors (Lipinski definition) is 5. The molecule has 0 amide bonds. The molecule has 0 radical (unpaired) electrons. The molecule has 2 rings (SSSR count). The van der Waals surface area contributed by atoms with Crippen LogP contribution < -0.4 is 5.32 Å². The Morgan fingerprint density at radius 3 is 2.86 bits per heavy atom. The van der Waals surface area contributed by atoms with Gasteiger partial charge in [-0.05, 0) is 26.2 Å². The third kappa shape index (κ3) is 3.42. The van der Waals surface area contributed by atoms with E-state index in [1.165, 1.54) is 4.68 Å². The minimum Gasteiger partial charge on any atom is -0.362 e. The van der Waals surface area contributed by atoms with Gasteiger partial charge in [0.1, 0.15) is 5.69 Å². The minimum atomic E-state index is -0.803. The fourth-order valence-corrected chi connectivity index (χ4v) is 4.32. The number of nitrogens with one attached hydrogen (secondary N) is 1. The predicted octanol–water partition coefficient (Wildman–Crippen LogP) is 2.13. The van der Waals surface area contributed by atoms with Gasteiger partial charge in [0.05, 0.1) is 4.92 Å². The summed E-state index contributed by atoms with van der Waals surface area (Å²) in [7, 11) is 0.899. The van der Waals surface area contributed by atoms with E-state index in [9.17, 15) is 14.3 Å². The van der Waals surface area contributed by atoms with Crippen molar-refractivity contribution in [3.8, 4) is 0 Å². The largest absolute Gasteiger partial charge is 0.362 e. The maximum Gasteiger partial charge on any atom is 0.333 e. The van der Waals surface area contributed by atoms with E-state index in [1.807, 2.05) is 6.92 Å². The Hall–Kier alpha value is -1.44. The van der Waals surface area contributed by atoms with Gasteiger partial charge in [-0.25, -0.2) is 4.68 Å². The first-order chi connectivity index (χ1) is 9.93. The summed E-state index contributed by atoms with van der Waals surface area (Å²) in [5, 5.41) is 18.7. The van der Waals surface area contributed by atoms with Crippen molar-refractivity contribution in [3.63, 3.8) is 0 Å². The molecule has 1 saturated carbocycles. The summed E-state index contributed by atoms with van der Waals surface area (Å²) in [6.45, 7) is 3.57. The Kier molecular flexibility index (Phi) is 4.97. The van der Waals surface area contributed by atoms with Gasteiger partial charge in [-0.1, -0.05) is 13.3 Å². The van der Waals surface area contributed by atoms with Crippen LogP contribution in [0.4, 0.5) is 11.5 Å². The monoisotopic (exact) mass is 314 g/mol. The first kappa shape index (κ1) is 15.9. The molecule has 0 bridgehead atoms. The second-order valence-electron chi connectivity index (χ2n) is 5.46. The van der Waals surface area contributed by atoms with Crippen LogP contribution in [0, 0.1) is 17.0 Å². The summed E-state index contributed by atoms with van der Waals surface area (Å²) in [6.07, 6.45) is 3.71. The zero-order valence-electron chi connectivity index (χ0n) is 12.7. The Morgan fingerprint density at radius 2 is 2.24 bits per heavy atom. The molecule has 0 aromatic carbocycles. The molecule has 118 valence electrons. The van der Waals surface area contributed by atoms with E-state index in [-0.39, 0.29) is 17.0 Å². The summed E-state index contributed by atoms with van der Waals surface area (Å²) < 4.78 is 13.5. The van der Waals surface area contributed by atoms with Crippen molar-refractivity contribution in [1.82, 2.24) is 9.78 Å². The lowest BCUT2D eigenvalue weighted by atomic mass is 9.95. The average molecular weight is 314 g/mol. The highest BCUT2D eigenvalue weighted by atomic mass is 32.2. The SMILES string of the molecule is CC[S@](=O)[C@H]1CCC[C@@H](Nc2c([N+](=O)[O-])c(C)nn2C)C1. The summed E-state index contributed by atoms with van der Waals surface area (Å²) >= 11 is 0. The number of rotatable bonds is 5. The number of nitro groups is 1. The van der Waals surface area contributed by atoms with Crippen molar-refractivity contribution < 1.29 is 9.13 Å². The molecule has 8 heteroatoms. The molecule has 1 aliphatic rings. The molecule has 1 aromatic rings. The van der Waals surface area contributed by atoms with E-state index < -0.39 is 15.7 Å². The highest BCUT2D eigenvalue weighted by molar-refractivity contribution is 7.85. The van der Waals surface area contributed by atoms with Gasteiger partial charge in [0.15, 0.2) is 0 Å². The molecule has 1 aromatic heterocycles. The number of aryl methyl sites for hydroxylation is 2. The first-order valence-corrected chi connectivity index (χ1v) is 8.64. The highest BCUT2D eigenvalue weighted by Crippen LogP contribution is 2.31. The van der Waals surface area contributed by atoms with Gasteiger partial charge in [-0.3, -0.25) is 14.3 Å². The van der Waals surface area contributed by atoms with Crippen molar-refractivity contribution in [2.45, 2.75) is 50.8 Å². The normalized spacial score (nSPS) is 23.8. The van der Waals surface area contributed by atoms with E-state index >= 15 is 0 Å². The Labute approximate surface area is 126 Å². The molecular formula is C13H22N4O3S. The van der Waals surface area contributed by atoms with Crippen molar-refractivity contribution >= 4 is 22.3 Å². The maximum atomic E-state index is 12.0. The molecule has 1 N–H and O–H groups in total. The van der Waals surface area contributed by atoms with Crippen LogP contribution in [0.5, 0.6) is 0 Å². The summed E-state index contributed by atoms with van der Waals surface area (Å²) in [4.78, 5) is 10.8. The molecule has 3 atom stereocenters. The van der Waals surface area contributed by atoms with Crippen molar-refractivity contribution in [2.24, 2.45) is 7.05 Å². The number of anilines is 1. The van der Waals surface area contributed by atoms with Gasteiger partial charge in [0.25, 0.3) is 0 Å². The van der Waals surface area contributed by atoms with Crippen LogP contribution in [0.25, 0.3) is 0 Å². The topological polar surface area (TPSA) is 90.1 Å². The predicted molar refractivity (Wildman–Crippen MR) is 82.9 cm³/mol. The minimum absolute atomic E-state index is 0.0382. The third-order valence-corrected chi connectivity index (χ3v) is 5.74. The van der Waals surface area contributed by atoms with E-state index in [2.05, 4.69) is 10.4 Å². The van der Waals surface area contributed by atoms with Crippen molar-refractivity contribution in [2.75, 3.05) is 11.1 Å². The van der Waals surface area contributed by atoms with Crippen molar-refractivity contribution in [1.29, 1.82) is 0 Å². The lowest BCUT2D eigenvalue weighted by molar-refractivity contribution is -0.384. The smallest absolute Gasteiger partial charge is 0.333 e. The fourth-order valence-electron chi connectivity index (χ4n) is 2.97. The highest BCUT2D eigenvalue weighted by Gasteiger charge is 2.30. The number of nitrogens with zero attached hydrogens (tertiary/aromatic N) is 3. The fraction of sp³-hybridized carbons (Fsp3) is 0.769. The number of hydrogen-bond donors (Lipinski definition) is 1. The molecule has 1 aliphatic carbocycles. The molecule has 21 heavy (non-hydrogen) atoms. The van der Waals surface area contributed by atoms with Crippen molar-refractivity contribution in [3.05, 3.63) is 15.8 Å². The second kappa shape index (κ2) is 6.55. The number of aromatic nitrogens is 2. The summed E-state index contributed by atoms with van der Waals surface area (Å²) in [5.74, 6) is 1.12. The Morgan fingerprint density at radius 1 is 1.52 bits per heavy atom. The summed E-state index contributed by atoms with van der Waals surface area (Å²) in [6, 6.07) is 0.118. The molecular weight excluding hydrogens is 292 g/mol. The lowest BCUT2D eigenvalue weighted by Crippen LogP contribution is -2.33. The van der Waals surface area contributed by atoms with E-state index in [1.54, 1.807) is 14.0 Å².